The minimum Gasteiger partial charge on any atom is -0.395 e. The molecule has 5 nitrogen and oxygen atoms in total. The van der Waals surface area contributed by atoms with E-state index in [1.54, 1.807) is 0 Å². The molecule has 0 saturated heterocycles. The van der Waals surface area contributed by atoms with Gasteiger partial charge in [0.2, 0.25) is 10.0 Å². The first-order valence-corrected chi connectivity index (χ1v) is 7.73. The first kappa shape index (κ1) is 15.8. The Bertz CT molecular complexity index is 508. The zero-order valence-corrected chi connectivity index (χ0v) is 11.7. The lowest BCUT2D eigenvalue weighted by Crippen LogP contribution is -2.26. The lowest BCUT2D eigenvalue weighted by Gasteiger charge is -2.06. The fourth-order valence-corrected chi connectivity index (χ4v) is 2.59. The second-order valence-electron chi connectivity index (χ2n) is 4.17. The Kier molecular flexibility index (Phi) is 6.14. The summed E-state index contributed by atoms with van der Waals surface area (Å²) in [4.78, 5) is 11.8. The van der Waals surface area contributed by atoms with E-state index in [9.17, 15) is 13.2 Å². The number of aliphatic hydroxyl groups is 1. The molecular weight excluding hydrogens is 266 g/mol. The maximum Gasteiger partial charge on any atom is 0.240 e. The molecule has 0 aliphatic carbocycles. The van der Waals surface area contributed by atoms with Crippen LogP contribution in [0.15, 0.2) is 29.2 Å². The van der Waals surface area contributed by atoms with Crippen molar-refractivity contribution in [1.29, 1.82) is 0 Å². The van der Waals surface area contributed by atoms with E-state index >= 15 is 0 Å². The Morgan fingerprint density at radius 1 is 1.26 bits per heavy atom. The summed E-state index contributed by atoms with van der Waals surface area (Å²) in [6, 6.07) is 5.84. The monoisotopic (exact) mass is 285 g/mol. The summed E-state index contributed by atoms with van der Waals surface area (Å²) in [5.41, 5.74) is 0.523. The van der Waals surface area contributed by atoms with Gasteiger partial charge < -0.3 is 5.11 Å². The normalized spacial score (nSPS) is 11.5. The van der Waals surface area contributed by atoms with Crippen LogP contribution in [-0.2, 0) is 10.0 Å². The molecule has 0 aliphatic rings. The van der Waals surface area contributed by atoms with Gasteiger partial charge in [0.25, 0.3) is 0 Å². The zero-order valence-electron chi connectivity index (χ0n) is 10.9. The molecule has 1 rings (SSSR count). The molecule has 6 heteroatoms. The van der Waals surface area contributed by atoms with Crippen LogP contribution in [0.1, 0.15) is 36.5 Å². The molecule has 0 aromatic heterocycles. The number of hydrogen-bond acceptors (Lipinski definition) is 4. The molecular formula is C13H19NO4S. The fourth-order valence-electron chi connectivity index (χ4n) is 1.56. The molecule has 0 unspecified atom stereocenters. The van der Waals surface area contributed by atoms with Crippen LogP contribution in [0.3, 0.4) is 0 Å². The Morgan fingerprint density at radius 2 is 1.89 bits per heavy atom. The van der Waals surface area contributed by atoms with Crippen molar-refractivity contribution in [1.82, 2.24) is 4.72 Å². The van der Waals surface area contributed by atoms with E-state index in [-0.39, 0.29) is 23.8 Å². The summed E-state index contributed by atoms with van der Waals surface area (Å²) in [6.45, 7) is 1.72. The number of carbonyl (C=O) groups is 1. The van der Waals surface area contributed by atoms with Crippen molar-refractivity contribution in [3.63, 3.8) is 0 Å². The van der Waals surface area contributed by atoms with Crippen LogP contribution in [0.5, 0.6) is 0 Å². The van der Waals surface area contributed by atoms with Crippen molar-refractivity contribution in [3.05, 3.63) is 29.8 Å². The van der Waals surface area contributed by atoms with Crippen molar-refractivity contribution < 1.29 is 18.3 Å². The van der Waals surface area contributed by atoms with Crippen molar-refractivity contribution >= 4 is 15.8 Å². The summed E-state index contributed by atoms with van der Waals surface area (Å²) in [5, 5.41) is 8.60. The van der Waals surface area contributed by atoms with Gasteiger partial charge in [0.1, 0.15) is 0 Å². The Labute approximate surface area is 113 Å². The zero-order chi connectivity index (χ0) is 14.3. The number of ketones is 1. The van der Waals surface area contributed by atoms with Crippen molar-refractivity contribution in [2.24, 2.45) is 0 Å². The van der Waals surface area contributed by atoms with Crippen molar-refractivity contribution in [2.75, 3.05) is 13.2 Å². The largest absolute Gasteiger partial charge is 0.395 e. The molecule has 0 fully saturated rings. The minimum absolute atomic E-state index is 0.0223. The van der Waals surface area contributed by atoms with Crippen LogP contribution < -0.4 is 4.72 Å². The Balaban J connectivity index is 2.79. The highest BCUT2D eigenvalue weighted by Crippen LogP contribution is 2.12. The molecule has 19 heavy (non-hydrogen) atoms. The van der Waals surface area contributed by atoms with Crippen LogP contribution in [0.2, 0.25) is 0 Å². The smallest absolute Gasteiger partial charge is 0.240 e. The van der Waals surface area contributed by atoms with Crippen LogP contribution in [0.4, 0.5) is 0 Å². The Hall–Kier alpha value is -1.24. The predicted octanol–water partition coefficient (Wildman–Crippen LogP) is 1.33. The fraction of sp³-hybridized carbons (Fsp3) is 0.462. The van der Waals surface area contributed by atoms with Crippen molar-refractivity contribution in [2.45, 2.75) is 31.1 Å². The number of Topliss-reactive ketones (excluding diaryl/α,β-unsaturated/α-hetero) is 1. The van der Waals surface area contributed by atoms with E-state index in [1.807, 2.05) is 6.92 Å². The van der Waals surface area contributed by atoms with Gasteiger partial charge in [0.15, 0.2) is 5.78 Å². The van der Waals surface area contributed by atoms with E-state index in [4.69, 9.17) is 5.11 Å². The highest BCUT2D eigenvalue weighted by atomic mass is 32.2. The van der Waals surface area contributed by atoms with E-state index < -0.39 is 10.0 Å². The van der Waals surface area contributed by atoms with Gasteiger partial charge in [-0.25, -0.2) is 13.1 Å². The van der Waals surface area contributed by atoms with Crippen molar-refractivity contribution in [3.8, 4) is 0 Å². The number of benzene rings is 1. The highest BCUT2D eigenvalue weighted by Gasteiger charge is 2.13. The standard InChI is InChI=1S/C13H19NO4S/c1-2-3-4-13(16)11-5-7-12(8-6-11)19(17,18)14-9-10-15/h5-8,14-15H,2-4,9-10H2,1H3. The SMILES string of the molecule is CCCCC(=O)c1ccc(S(=O)(=O)NCCO)cc1. The summed E-state index contributed by atoms with van der Waals surface area (Å²) in [6.07, 6.45) is 2.26. The number of unbranched alkanes of at least 4 members (excludes halogenated alkanes) is 1. The van der Waals surface area contributed by atoms with E-state index in [0.717, 1.165) is 12.8 Å². The molecule has 0 saturated carbocycles. The maximum absolute atomic E-state index is 11.7. The second kappa shape index (κ2) is 7.37. The van der Waals surface area contributed by atoms with Gasteiger partial charge in [0.05, 0.1) is 11.5 Å². The third-order valence-electron chi connectivity index (χ3n) is 2.65. The minimum atomic E-state index is -3.60. The van der Waals surface area contributed by atoms with Crippen LogP contribution in [0, 0.1) is 0 Å². The summed E-state index contributed by atoms with van der Waals surface area (Å²) < 4.78 is 25.7. The molecule has 106 valence electrons. The first-order chi connectivity index (χ1) is 9.01. The third kappa shape index (κ3) is 4.74. The van der Waals surface area contributed by atoms with Gasteiger partial charge in [-0.2, -0.15) is 0 Å². The van der Waals surface area contributed by atoms with Gasteiger partial charge >= 0.3 is 0 Å². The molecule has 1 aromatic rings. The van der Waals surface area contributed by atoms with Crippen LogP contribution in [-0.4, -0.2) is 32.5 Å². The molecule has 0 spiro atoms. The summed E-state index contributed by atoms with van der Waals surface area (Å²) >= 11 is 0. The van der Waals surface area contributed by atoms with E-state index in [2.05, 4.69) is 4.72 Å². The van der Waals surface area contributed by atoms with E-state index in [0.29, 0.717) is 12.0 Å². The molecule has 0 bridgehead atoms. The molecule has 0 radical (unpaired) electrons. The predicted molar refractivity (Wildman–Crippen MR) is 72.6 cm³/mol. The molecule has 0 aliphatic heterocycles. The second-order valence-corrected chi connectivity index (χ2v) is 5.94. The number of nitrogens with one attached hydrogen (secondary N) is 1. The first-order valence-electron chi connectivity index (χ1n) is 6.25. The number of hydrogen-bond donors (Lipinski definition) is 2. The molecule has 2 N–H and O–H groups in total. The van der Waals surface area contributed by atoms with Gasteiger partial charge in [-0.15, -0.1) is 0 Å². The molecule has 0 atom stereocenters. The average Bonchev–Trinajstić information content (AvgIpc) is 2.42. The highest BCUT2D eigenvalue weighted by molar-refractivity contribution is 7.89. The topological polar surface area (TPSA) is 83.5 Å². The van der Waals surface area contributed by atoms with Gasteiger partial charge in [-0.3, -0.25) is 4.79 Å². The maximum atomic E-state index is 11.7. The number of sulfonamides is 1. The van der Waals surface area contributed by atoms with Gasteiger partial charge in [-0.05, 0) is 18.6 Å². The lowest BCUT2D eigenvalue weighted by atomic mass is 10.1. The molecule has 0 amide bonds. The average molecular weight is 285 g/mol. The lowest BCUT2D eigenvalue weighted by molar-refractivity contribution is 0.0979. The van der Waals surface area contributed by atoms with Crippen LogP contribution in [0.25, 0.3) is 0 Å². The molecule has 0 heterocycles. The number of carbonyl (C=O) groups excluding carboxylic acids is 1. The number of aliphatic hydroxyl groups excluding tert-OH is 1. The van der Waals surface area contributed by atoms with E-state index in [1.165, 1.54) is 24.3 Å². The third-order valence-corrected chi connectivity index (χ3v) is 4.12. The summed E-state index contributed by atoms with van der Waals surface area (Å²) in [5.74, 6) is 0.0223. The van der Waals surface area contributed by atoms with Crippen LogP contribution >= 0.6 is 0 Å². The summed E-state index contributed by atoms with van der Waals surface area (Å²) in [7, 11) is -3.60. The van der Waals surface area contributed by atoms with Gasteiger partial charge in [0, 0.05) is 18.5 Å². The Morgan fingerprint density at radius 3 is 2.42 bits per heavy atom. The molecule has 1 aromatic carbocycles. The van der Waals surface area contributed by atoms with Gasteiger partial charge in [-0.1, -0.05) is 25.5 Å². The quantitative estimate of drug-likeness (QED) is 0.706. The number of rotatable bonds is 8.